The minimum Gasteiger partial charge on any atom is -0.381 e. The molecule has 3 rings (SSSR count). The molecule has 6 nitrogen and oxygen atoms in total. The van der Waals surface area contributed by atoms with E-state index in [1.807, 2.05) is 0 Å². The second kappa shape index (κ2) is 12.7. The highest BCUT2D eigenvalue weighted by Crippen LogP contribution is 2.19. The Bertz CT molecular complexity index is 590. The Morgan fingerprint density at radius 2 is 2.03 bits per heavy atom. The van der Waals surface area contributed by atoms with Crippen LogP contribution < -0.4 is 15.5 Å². The van der Waals surface area contributed by atoms with Crippen LogP contribution in [0.2, 0.25) is 0 Å². The summed E-state index contributed by atoms with van der Waals surface area (Å²) in [5, 5.41) is 7.03. The molecule has 1 atom stereocenters. The Kier molecular flexibility index (Phi) is 9.60. The molecule has 0 bridgehead atoms. The molecule has 2 fully saturated rings. The summed E-state index contributed by atoms with van der Waals surface area (Å²) in [5.74, 6) is 1.60. The van der Waals surface area contributed by atoms with E-state index in [9.17, 15) is 0 Å². The second-order valence-corrected chi connectivity index (χ2v) is 8.01. The van der Waals surface area contributed by atoms with Crippen molar-refractivity contribution in [3.63, 3.8) is 0 Å². The SMILES string of the molecule is CCNC(=NCCCOCC1CCOCC1)NC1CCCN(c2ccccc2)C1. The molecule has 162 valence electrons. The van der Waals surface area contributed by atoms with Crippen molar-refractivity contribution in [3.05, 3.63) is 30.3 Å². The van der Waals surface area contributed by atoms with Crippen molar-refractivity contribution in [1.29, 1.82) is 0 Å². The van der Waals surface area contributed by atoms with Gasteiger partial charge in [0, 0.05) is 64.3 Å². The molecule has 0 aliphatic carbocycles. The molecule has 2 heterocycles. The maximum Gasteiger partial charge on any atom is 0.191 e. The van der Waals surface area contributed by atoms with Gasteiger partial charge in [-0.25, -0.2) is 0 Å². The van der Waals surface area contributed by atoms with E-state index in [0.29, 0.717) is 12.0 Å². The van der Waals surface area contributed by atoms with E-state index >= 15 is 0 Å². The van der Waals surface area contributed by atoms with Crippen LogP contribution in [0.5, 0.6) is 0 Å². The van der Waals surface area contributed by atoms with Crippen LogP contribution in [0.1, 0.15) is 39.0 Å². The molecule has 2 aliphatic heterocycles. The Labute approximate surface area is 176 Å². The van der Waals surface area contributed by atoms with Crippen LogP contribution in [0.15, 0.2) is 35.3 Å². The molecule has 2 N–H and O–H groups in total. The largest absolute Gasteiger partial charge is 0.381 e. The summed E-state index contributed by atoms with van der Waals surface area (Å²) < 4.78 is 11.3. The molecule has 0 amide bonds. The van der Waals surface area contributed by atoms with Crippen molar-refractivity contribution >= 4 is 11.6 Å². The highest BCUT2D eigenvalue weighted by atomic mass is 16.5. The lowest BCUT2D eigenvalue weighted by Gasteiger charge is -2.35. The Morgan fingerprint density at radius 3 is 2.83 bits per heavy atom. The maximum atomic E-state index is 5.86. The molecule has 1 aromatic rings. The van der Waals surface area contributed by atoms with Gasteiger partial charge in [-0.05, 0) is 57.1 Å². The van der Waals surface area contributed by atoms with Crippen LogP contribution in [-0.4, -0.2) is 64.6 Å². The van der Waals surface area contributed by atoms with Crippen molar-refractivity contribution < 1.29 is 9.47 Å². The summed E-state index contributed by atoms with van der Waals surface area (Å²) in [6.07, 6.45) is 5.61. The Balaban J connectivity index is 1.38. The zero-order valence-corrected chi connectivity index (χ0v) is 17.9. The number of piperidine rings is 1. The average molecular weight is 403 g/mol. The van der Waals surface area contributed by atoms with Gasteiger partial charge in [0.2, 0.25) is 0 Å². The molecule has 0 radical (unpaired) electrons. The topological polar surface area (TPSA) is 58.1 Å². The number of hydrogen-bond acceptors (Lipinski definition) is 4. The highest BCUT2D eigenvalue weighted by Gasteiger charge is 2.20. The number of hydrogen-bond donors (Lipinski definition) is 2. The van der Waals surface area contributed by atoms with E-state index in [-0.39, 0.29) is 0 Å². The average Bonchev–Trinajstić information content (AvgIpc) is 2.78. The Morgan fingerprint density at radius 1 is 1.21 bits per heavy atom. The number of rotatable bonds is 9. The number of para-hydroxylation sites is 1. The summed E-state index contributed by atoms with van der Waals surface area (Å²) in [6, 6.07) is 11.1. The molecular formula is C23H38N4O2. The van der Waals surface area contributed by atoms with Gasteiger partial charge in [-0.2, -0.15) is 0 Å². The van der Waals surface area contributed by atoms with Crippen LogP contribution >= 0.6 is 0 Å². The van der Waals surface area contributed by atoms with Crippen LogP contribution in [0.25, 0.3) is 0 Å². The lowest BCUT2D eigenvalue weighted by molar-refractivity contribution is 0.0205. The minimum atomic E-state index is 0.423. The van der Waals surface area contributed by atoms with Gasteiger partial charge in [-0.3, -0.25) is 4.99 Å². The van der Waals surface area contributed by atoms with Gasteiger partial charge in [0.1, 0.15) is 0 Å². The fourth-order valence-corrected chi connectivity index (χ4v) is 4.00. The molecule has 0 aromatic heterocycles. The molecule has 2 aliphatic rings. The summed E-state index contributed by atoms with van der Waals surface area (Å²) in [7, 11) is 0. The molecule has 2 saturated heterocycles. The van der Waals surface area contributed by atoms with Gasteiger partial charge in [0.15, 0.2) is 5.96 Å². The summed E-state index contributed by atoms with van der Waals surface area (Å²) >= 11 is 0. The van der Waals surface area contributed by atoms with Crippen molar-refractivity contribution in [3.8, 4) is 0 Å². The number of benzene rings is 1. The quantitative estimate of drug-likeness (QED) is 0.378. The van der Waals surface area contributed by atoms with E-state index in [2.05, 4.69) is 52.8 Å². The number of nitrogens with one attached hydrogen (secondary N) is 2. The van der Waals surface area contributed by atoms with E-state index < -0.39 is 0 Å². The molecule has 6 heteroatoms. The van der Waals surface area contributed by atoms with Gasteiger partial charge >= 0.3 is 0 Å². The molecule has 0 spiro atoms. The van der Waals surface area contributed by atoms with E-state index in [1.54, 1.807) is 0 Å². The Hall–Kier alpha value is -1.79. The monoisotopic (exact) mass is 402 g/mol. The molecule has 1 unspecified atom stereocenters. The standard InChI is InChI=1S/C23H38N4O2/c1-2-24-23(25-13-7-15-29-19-20-11-16-28-17-12-20)26-21-8-6-14-27(18-21)22-9-4-3-5-10-22/h3-5,9-10,20-21H,2,6-8,11-19H2,1H3,(H2,24,25,26). The third-order valence-electron chi connectivity index (χ3n) is 5.64. The van der Waals surface area contributed by atoms with Gasteiger partial charge in [-0.15, -0.1) is 0 Å². The van der Waals surface area contributed by atoms with Gasteiger partial charge in [-0.1, -0.05) is 18.2 Å². The van der Waals surface area contributed by atoms with Crippen LogP contribution in [0, 0.1) is 5.92 Å². The van der Waals surface area contributed by atoms with Crippen molar-refractivity contribution in [2.24, 2.45) is 10.9 Å². The first-order valence-electron chi connectivity index (χ1n) is 11.4. The fraction of sp³-hybridized carbons (Fsp3) is 0.696. The summed E-state index contributed by atoms with van der Waals surface area (Å²) in [5.41, 5.74) is 1.31. The third kappa shape index (κ3) is 7.86. The van der Waals surface area contributed by atoms with Gasteiger partial charge in [0.05, 0.1) is 0 Å². The third-order valence-corrected chi connectivity index (χ3v) is 5.64. The number of anilines is 1. The zero-order valence-electron chi connectivity index (χ0n) is 17.9. The number of aliphatic imine (C=N–C) groups is 1. The predicted octanol–water partition coefficient (Wildman–Crippen LogP) is 3.04. The minimum absolute atomic E-state index is 0.423. The first-order chi connectivity index (χ1) is 14.3. The summed E-state index contributed by atoms with van der Waals surface area (Å²) in [4.78, 5) is 7.23. The predicted molar refractivity (Wildman–Crippen MR) is 120 cm³/mol. The zero-order chi connectivity index (χ0) is 20.2. The van der Waals surface area contributed by atoms with Crippen molar-refractivity contribution in [1.82, 2.24) is 10.6 Å². The van der Waals surface area contributed by atoms with Crippen molar-refractivity contribution in [2.45, 2.75) is 45.1 Å². The van der Waals surface area contributed by atoms with E-state index in [1.165, 1.54) is 18.5 Å². The van der Waals surface area contributed by atoms with Crippen LogP contribution in [0.4, 0.5) is 5.69 Å². The maximum absolute atomic E-state index is 5.86. The van der Waals surface area contributed by atoms with E-state index in [4.69, 9.17) is 14.5 Å². The highest BCUT2D eigenvalue weighted by molar-refractivity contribution is 5.80. The van der Waals surface area contributed by atoms with Crippen molar-refractivity contribution in [2.75, 3.05) is 57.5 Å². The molecule has 1 aromatic carbocycles. The first kappa shape index (κ1) is 21.9. The van der Waals surface area contributed by atoms with Crippen LogP contribution in [-0.2, 0) is 9.47 Å². The molecular weight excluding hydrogens is 364 g/mol. The van der Waals surface area contributed by atoms with Gasteiger partial charge < -0.3 is 25.0 Å². The lowest BCUT2D eigenvalue weighted by atomic mass is 10.0. The number of ether oxygens (including phenoxy) is 2. The van der Waals surface area contributed by atoms with Gasteiger partial charge in [0.25, 0.3) is 0 Å². The first-order valence-corrected chi connectivity index (χ1v) is 11.4. The smallest absolute Gasteiger partial charge is 0.191 e. The molecule has 0 saturated carbocycles. The normalized spacial score (nSPS) is 21.2. The fourth-order valence-electron chi connectivity index (χ4n) is 4.00. The molecule has 29 heavy (non-hydrogen) atoms. The second-order valence-electron chi connectivity index (χ2n) is 8.01. The van der Waals surface area contributed by atoms with E-state index in [0.717, 1.165) is 77.8 Å². The summed E-state index contributed by atoms with van der Waals surface area (Å²) in [6.45, 7) is 9.35. The number of nitrogens with zero attached hydrogens (tertiary/aromatic N) is 2. The van der Waals surface area contributed by atoms with Crippen LogP contribution in [0.3, 0.4) is 0 Å². The number of guanidine groups is 1. The lowest BCUT2D eigenvalue weighted by Crippen LogP contribution is -2.51.